The van der Waals surface area contributed by atoms with Gasteiger partial charge in [0.15, 0.2) is 24.8 Å². The lowest BCUT2D eigenvalue weighted by Gasteiger charge is -2.48. The summed E-state index contributed by atoms with van der Waals surface area (Å²) in [5, 5.41) is 74.5. The van der Waals surface area contributed by atoms with E-state index in [0.29, 0.717) is 37.1 Å². The summed E-state index contributed by atoms with van der Waals surface area (Å²) in [7, 11) is -15.7. The zero-order valence-corrected chi connectivity index (χ0v) is 54.3. The Kier molecular flexibility index (Phi) is 25.9. The number of aromatic nitrogens is 2. The van der Waals surface area contributed by atoms with Gasteiger partial charge in [-0.2, -0.15) is 25.3 Å². The normalized spacial score (nSPS) is 26.7. The zero-order chi connectivity index (χ0) is 71.6. The summed E-state index contributed by atoms with van der Waals surface area (Å²) in [4.78, 5) is 107. The number of aliphatic hydroxyl groups is 5. The van der Waals surface area contributed by atoms with E-state index in [2.05, 4.69) is 26.3 Å². The molecule has 4 amide bonds. The highest BCUT2D eigenvalue weighted by Crippen LogP contribution is 2.39. The van der Waals surface area contributed by atoms with Crippen LogP contribution in [0.5, 0.6) is 0 Å². The maximum absolute atomic E-state index is 14.4. The second-order valence-electron chi connectivity index (χ2n) is 23.5. The van der Waals surface area contributed by atoms with Crippen LogP contribution in [0.1, 0.15) is 79.1 Å². The lowest BCUT2D eigenvalue weighted by Crippen LogP contribution is -2.65. The van der Waals surface area contributed by atoms with E-state index >= 15 is 0 Å². The van der Waals surface area contributed by atoms with Crippen LogP contribution in [0.25, 0.3) is 10.8 Å². The Bertz CT molecular complexity index is 3970. The molecule has 2 saturated carbocycles. The van der Waals surface area contributed by atoms with Crippen molar-refractivity contribution in [3.63, 3.8) is 0 Å². The number of aromatic amines is 2. The lowest BCUT2D eigenvalue weighted by molar-refractivity contribution is -0.347. The predicted molar refractivity (Wildman–Crippen MR) is 328 cm³/mol. The van der Waals surface area contributed by atoms with Crippen LogP contribution >= 0.6 is 0 Å². The molecule has 40 heteroatoms. The molecular weight excluding hydrogens is 1370 g/mol. The summed E-state index contributed by atoms with van der Waals surface area (Å²) < 4.78 is 150. The van der Waals surface area contributed by atoms with E-state index in [1.165, 1.54) is 31.2 Å². The van der Waals surface area contributed by atoms with Crippen molar-refractivity contribution in [1.82, 2.24) is 25.9 Å². The topological polar surface area (TPSA) is 575 Å². The number of anilines is 1. The largest absolute Gasteiger partial charge is 0.479 e. The molecule has 2 aliphatic heterocycles. The first-order valence-corrected chi connectivity index (χ1v) is 34.8. The third kappa shape index (κ3) is 20.0. The fraction of sp³-hybridized carbons (Fsp3) is 0.552. The van der Waals surface area contributed by atoms with Crippen LogP contribution in [0.15, 0.2) is 84.9 Å². The molecule has 0 bridgehead atoms. The Hall–Kier alpha value is -7.33. The van der Waals surface area contributed by atoms with Crippen molar-refractivity contribution >= 4 is 82.4 Å². The summed E-state index contributed by atoms with van der Waals surface area (Å²) >= 11 is 0. The number of fused-ring (bicyclic) bond motifs is 1. The van der Waals surface area contributed by atoms with E-state index in [1.807, 2.05) is 4.98 Å². The highest BCUT2D eigenvalue weighted by molar-refractivity contribution is 7.87. The number of nitrogens with one attached hydrogen (secondary N) is 6. The number of carbonyl (C=O) groups excluding carboxylic acids is 5. The van der Waals surface area contributed by atoms with Gasteiger partial charge in [0, 0.05) is 30.5 Å². The molecule has 4 aromatic rings. The second kappa shape index (κ2) is 33.2. The Labute approximate surface area is 557 Å². The summed E-state index contributed by atoms with van der Waals surface area (Å²) in [6, 6.07) is 8.66. The molecule has 3 heterocycles. The molecule has 15 N–H and O–H groups in total. The number of H-pyrrole nitrogens is 2. The smallest absolute Gasteiger partial charge is 0.338 e. The van der Waals surface area contributed by atoms with Gasteiger partial charge < -0.3 is 94.8 Å². The molecule has 98 heavy (non-hydrogen) atoms. The lowest BCUT2D eigenvalue weighted by atomic mass is 9.80. The summed E-state index contributed by atoms with van der Waals surface area (Å²) in [6.07, 6.45) is -20.2. The molecule has 0 spiro atoms. The maximum Gasteiger partial charge on any atom is 0.338 e. The van der Waals surface area contributed by atoms with Gasteiger partial charge in [-0.05, 0) is 73.9 Å². The fourth-order valence-corrected chi connectivity index (χ4v) is 13.7. The van der Waals surface area contributed by atoms with E-state index in [4.69, 9.17) is 37.9 Å². The number of aliphatic carboxylic acids is 1. The average molecular weight is 1450 g/mol. The molecule has 1 aromatic heterocycles. The quantitative estimate of drug-likeness (QED) is 0.0147. The molecule has 4 aliphatic rings. The molecule has 37 nitrogen and oxygen atoms in total. The number of esters is 1. The molecule has 0 radical (unpaired) electrons. The van der Waals surface area contributed by atoms with Crippen LogP contribution in [0.4, 0.5) is 5.69 Å². The van der Waals surface area contributed by atoms with Crippen molar-refractivity contribution in [2.24, 2.45) is 11.8 Å². The summed E-state index contributed by atoms with van der Waals surface area (Å²) in [6.45, 7) is -2.49. The van der Waals surface area contributed by atoms with Gasteiger partial charge in [-0.25, -0.2) is 14.4 Å². The molecule has 1 unspecified atom stereocenters. The van der Waals surface area contributed by atoms with E-state index in [0.717, 1.165) is 25.3 Å². The van der Waals surface area contributed by atoms with Gasteiger partial charge in [0.1, 0.15) is 66.5 Å². The van der Waals surface area contributed by atoms with Crippen molar-refractivity contribution in [2.75, 3.05) is 51.4 Å². The van der Waals surface area contributed by atoms with Gasteiger partial charge in [0.25, 0.3) is 41.8 Å². The number of carboxylic acid groups (broad SMARTS) is 1. The first kappa shape index (κ1) is 76.4. The van der Waals surface area contributed by atoms with Gasteiger partial charge in [0.2, 0.25) is 17.7 Å². The maximum atomic E-state index is 14.4. The minimum atomic E-state index is -5.35. The predicted octanol–water partition coefficient (Wildman–Crippen LogP) is -2.92. The zero-order valence-electron chi connectivity index (χ0n) is 51.8. The van der Waals surface area contributed by atoms with E-state index in [9.17, 15) is 108 Å². The van der Waals surface area contributed by atoms with Crippen LogP contribution in [-0.2, 0) is 87.4 Å². The van der Waals surface area contributed by atoms with Crippen LogP contribution < -0.4 is 32.5 Å². The molecule has 4 fully saturated rings. The standard InChI is InChI=1S/C58H74N6O31S3/c1-27-45(69)47(71)48(72)56(90-27)95-49-35(62-53(74)36-23-41(66)64-58(78)63-36)19-31(20-37(49)92-57-51(94-55(77)29-10-6-3-7-11-29)50(46(70)39(24-65)93-57)91-38(54(75)76)16-28-8-4-2-5-9-28)52(73)60-13-12-59-42(67)25-88-14-15-89-26-43(68)61-34-21-32(96(79,80)81)17-30-18-33(97(82,83)84)22-40(44(30)34)98(85,86)87/h3,6-7,10-11,17-18,21-23,27-28,31,35,37-39,45-51,56-57,65,69-72H,2,4-5,8-9,12-16,19-20,24-26H2,1H3,(H,59,67)(H,60,73)(H,61,68)(H,62,74)(H,75,76)(H,79,80,81)(H,82,83,84)(H,85,86,87)(H2,63,64,66,78)/t27-,31+,35-,37+,38-,39+,45+,46-,47+,48-,49+,50-,51+,56-,57?/m0/s1. The van der Waals surface area contributed by atoms with E-state index in [1.54, 1.807) is 6.07 Å². The van der Waals surface area contributed by atoms with Gasteiger partial charge >= 0.3 is 17.6 Å². The molecular formula is C58H74N6O31S3. The number of carboxylic acids is 1. The second-order valence-corrected chi connectivity index (χ2v) is 27.8. The van der Waals surface area contributed by atoms with Gasteiger partial charge in [0.05, 0.1) is 59.1 Å². The first-order chi connectivity index (χ1) is 46.2. The Morgan fingerprint density at radius 1 is 0.694 bits per heavy atom. The van der Waals surface area contributed by atoms with Crippen LogP contribution in [-0.4, -0.2) is 247 Å². The molecule has 2 saturated heterocycles. The monoisotopic (exact) mass is 1450 g/mol. The number of benzene rings is 3. The third-order valence-corrected chi connectivity index (χ3v) is 19.1. The molecule has 15 atom stereocenters. The number of rotatable bonds is 29. The van der Waals surface area contributed by atoms with E-state index in [-0.39, 0.29) is 37.6 Å². The molecule has 2 aliphatic carbocycles. The Balaban J connectivity index is 0.977. The summed E-state index contributed by atoms with van der Waals surface area (Å²) in [5.41, 5.74) is -3.45. The number of carbonyl (C=O) groups is 6. The van der Waals surface area contributed by atoms with Gasteiger partial charge in [-0.15, -0.1) is 0 Å². The minimum Gasteiger partial charge on any atom is -0.479 e. The van der Waals surface area contributed by atoms with Crippen molar-refractivity contribution in [3.8, 4) is 0 Å². The van der Waals surface area contributed by atoms with Crippen LogP contribution in [0.2, 0.25) is 0 Å². The summed E-state index contributed by atoms with van der Waals surface area (Å²) in [5.74, 6) is -7.75. The molecule has 8 rings (SSSR count). The van der Waals surface area contributed by atoms with Crippen molar-refractivity contribution in [2.45, 2.75) is 159 Å². The fourth-order valence-electron chi connectivity index (χ4n) is 11.7. The van der Waals surface area contributed by atoms with Gasteiger partial charge in [-0.3, -0.25) is 42.6 Å². The Morgan fingerprint density at radius 3 is 1.96 bits per heavy atom. The number of ether oxygens (including phenoxy) is 8. The Morgan fingerprint density at radius 2 is 1.34 bits per heavy atom. The van der Waals surface area contributed by atoms with E-state index < -0.39 is 245 Å². The number of amides is 4. The number of aliphatic hydroxyl groups excluding tert-OH is 5. The SMILES string of the molecule is C[C@@H]1O[C@@H](O[C@@H]2[C@@H](NC(=O)c3cc(=O)[nH]c(=O)[nH]3)C[C@@H](C(=O)NCCNC(=O)COCCOCC(=O)Nc3cc(S(=O)(=O)O)cc4cc(S(=O)(=O)O)cc(S(=O)(=O)O)c34)C[C@H]2OC2O[C@H](CO)[C@H](O)[C@H](O[C@@H](CC3CCCCC3)C(=O)O)[C@H]2OC(=O)c2ccccc2)[C@@H](O)[C@H](O)[C@@H]1O. The molecule has 3 aromatic carbocycles. The highest BCUT2D eigenvalue weighted by Gasteiger charge is 2.55. The van der Waals surface area contributed by atoms with Gasteiger partial charge in [-0.1, -0.05) is 50.3 Å². The van der Waals surface area contributed by atoms with Crippen molar-refractivity contribution in [1.29, 1.82) is 0 Å². The van der Waals surface area contributed by atoms with Crippen molar-refractivity contribution < 1.29 is 136 Å². The first-order valence-electron chi connectivity index (χ1n) is 30.5. The number of hydrogen-bond acceptors (Lipinski definition) is 27. The van der Waals surface area contributed by atoms with Crippen LogP contribution in [0, 0.1) is 11.8 Å². The minimum absolute atomic E-state index is 0.0398. The van der Waals surface area contributed by atoms with Crippen molar-refractivity contribution in [3.05, 3.63) is 92.8 Å². The number of hydrogen-bond donors (Lipinski definition) is 15. The molecule has 540 valence electrons. The van der Waals surface area contributed by atoms with Crippen LogP contribution in [0.3, 0.4) is 0 Å². The average Bonchev–Trinajstić information content (AvgIpc) is 0.756. The third-order valence-electron chi connectivity index (χ3n) is 16.5. The highest BCUT2D eigenvalue weighted by atomic mass is 32.2.